The molecule has 19 heavy (non-hydrogen) atoms. The largest absolute Gasteiger partial charge is 0.465 e. The number of hydrogen-bond acceptors (Lipinski definition) is 4. The maximum absolute atomic E-state index is 11.6. The molecule has 0 saturated carbocycles. The van der Waals surface area contributed by atoms with Crippen molar-refractivity contribution < 1.29 is 14.6 Å². The standard InChI is InChI=1S/C14H16N2O3/c1-8-4-5-10(14(18)19-3)6-11(8)13-12(7-17)15-9(2)16-13/h4-6,17H,7H2,1-3H3,(H,15,16). The molecule has 0 fully saturated rings. The van der Waals surface area contributed by atoms with Gasteiger partial charge in [-0.2, -0.15) is 0 Å². The van der Waals surface area contributed by atoms with E-state index in [1.54, 1.807) is 12.1 Å². The normalized spacial score (nSPS) is 10.5. The summed E-state index contributed by atoms with van der Waals surface area (Å²) in [6.45, 7) is 3.61. The molecule has 0 aliphatic rings. The number of esters is 1. The van der Waals surface area contributed by atoms with E-state index in [1.165, 1.54) is 7.11 Å². The Kier molecular flexibility index (Phi) is 3.66. The zero-order valence-electron chi connectivity index (χ0n) is 11.2. The summed E-state index contributed by atoms with van der Waals surface area (Å²) in [7, 11) is 1.35. The fourth-order valence-electron chi connectivity index (χ4n) is 2.01. The SMILES string of the molecule is COC(=O)c1ccc(C)c(-c2[nH]c(C)nc2CO)c1. The smallest absolute Gasteiger partial charge is 0.337 e. The zero-order valence-corrected chi connectivity index (χ0v) is 11.2. The van der Waals surface area contributed by atoms with Crippen LogP contribution in [0.4, 0.5) is 0 Å². The summed E-state index contributed by atoms with van der Waals surface area (Å²) in [5.41, 5.74) is 3.61. The molecule has 2 rings (SSSR count). The molecule has 1 heterocycles. The molecule has 100 valence electrons. The minimum absolute atomic E-state index is 0.151. The van der Waals surface area contributed by atoms with Crippen LogP contribution in [0.25, 0.3) is 11.3 Å². The second-order valence-corrected chi connectivity index (χ2v) is 4.32. The highest BCUT2D eigenvalue weighted by molar-refractivity contribution is 5.91. The van der Waals surface area contributed by atoms with Gasteiger partial charge in [0, 0.05) is 5.56 Å². The number of benzene rings is 1. The van der Waals surface area contributed by atoms with Crippen molar-refractivity contribution in [2.24, 2.45) is 0 Å². The third kappa shape index (κ3) is 2.51. The molecule has 0 aliphatic carbocycles. The van der Waals surface area contributed by atoms with E-state index < -0.39 is 0 Å². The minimum atomic E-state index is -0.386. The molecule has 5 nitrogen and oxygen atoms in total. The van der Waals surface area contributed by atoms with E-state index in [-0.39, 0.29) is 12.6 Å². The Hall–Kier alpha value is -2.14. The number of aliphatic hydroxyl groups is 1. The molecule has 0 atom stereocenters. The molecule has 1 aromatic heterocycles. The molecular formula is C14H16N2O3. The van der Waals surface area contributed by atoms with Gasteiger partial charge in [-0.15, -0.1) is 0 Å². The van der Waals surface area contributed by atoms with Crippen LogP contribution in [0.3, 0.4) is 0 Å². The van der Waals surface area contributed by atoms with Crippen LogP contribution in [0.15, 0.2) is 18.2 Å². The molecule has 2 aromatic rings. The van der Waals surface area contributed by atoms with Gasteiger partial charge >= 0.3 is 5.97 Å². The van der Waals surface area contributed by atoms with E-state index >= 15 is 0 Å². The predicted molar refractivity (Wildman–Crippen MR) is 70.8 cm³/mol. The van der Waals surface area contributed by atoms with Crippen molar-refractivity contribution >= 4 is 5.97 Å². The predicted octanol–water partition coefficient (Wildman–Crippen LogP) is 1.97. The summed E-state index contributed by atoms with van der Waals surface area (Å²) < 4.78 is 4.71. The number of aliphatic hydroxyl groups excluding tert-OH is 1. The van der Waals surface area contributed by atoms with E-state index in [4.69, 9.17) is 4.74 Å². The number of carbonyl (C=O) groups excluding carboxylic acids is 1. The number of carbonyl (C=O) groups is 1. The number of hydrogen-bond donors (Lipinski definition) is 2. The first-order chi connectivity index (χ1) is 9.06. The second kappa shape index (κ2) is 5.24. The first-order valence-corrected chi connectivity index (χ1v) is 5.92. The van der Waals surface area contributed by atoms with Crippen molar-refractivity contribution in [1.29, 1.82) is 0 Å². The Morgan fingerprint density at radius 3 is 2.79 bits per heavy atom. The van der Waals surface area contributed by atoms with Crippen LogP contribution in [0, 0.1) is 13.8 Å². The summed E-state index contributed by atoms with van der Waals surface area (Å²) in [5, 5.41) is 9.33. The van der Waals surface area contributed by atoms with Crippen molar-refractivity contribution in [2.45, 2.75) is 20.5 Å². The van der Waals surface area contributed by atoms with Crippen LogP contribution in [0.5, 0.6) is 0 Å². The van der Waals surface area contributed by atoms with Gasteiger partial charge in [-0.25, -0.2) is 9.78 Å². The van der Waals surface area contributed by atoms with Gasteiger partial charge in [0.2, 0.25) is 0 Å². The molecule has 0 saturated heterocycles. The zero-order chi connectivity index (χ0) is 14.0. The fraction of sp³-hybridized carbons (Fsp3) is 0.286. The third-order valence-corrected chi connectivity index (χ3v) is 2.97. The summed E-state index contributed by atoms with van der Waals surface area (Å²) in [6, 6.07) is 5.30. The molecule has 2 N–H and O–H groups in total. The van der Waals surface area contributed by atoms with Gasteiger partial charge in [-0.1, -0.05) is 6.07 Å². The Morgan fingerprint density at radius 1 is 1.42 bits per heavy atom. The highest BCUT2D eigenvalue weighted by atomic mass is 16.5. The molecule has 5 heteroatoms. The van der Waals surface area contributed by atoms with Crippen LogP contribution < -0.4 is 0 Å². The second-order valence-electron chi connectivity index (χ2n) is 4.32. The number of aryl methyl sites for hydroxylation is 2. The van der Waals surface area contributed by atoms with Gasteiger partial charge in [-0.3, -0.25) is 0 Å². The van der Waals surface area contributed by atoms with Crippen LogP contribution in [-0.2, 0) is 11.3 Å². The van der Waals surface area contributed by atoms with Crippen LogP contribution >= 0.6 is 0 Å². The molecule has 0 radical (unpaired) electrons. The lowest BCUT2D eigenvalue weighted by Gasteiger charge is -2.07. The number of ether oxygens (including phenoxy) is 1. The molecule has 0 amide bonds. The maximum Gasteiger partial charge on any atom is 0.337 e. The van der Waals surface area contributed by atoms with Gasteiger partial charge in [0.05, 0.1) is 30.7 Å². The molecule has 1 aromatic carbocycles. The number of aromatic amines is 1. The monoisotopic (exact) mass is 260 g/mol. The lowest BCUT2D eigenvalue weighted by Crippen LogP contribution is -2.02. The van der Waals surface area contributed by atoms with Gasteiger partial charge in [0.15, 0.2) is 0 Å². The molecule has 0 unspecified atom stereocenters. The fourth-order valence-corrected chi connectivity index (χ4v) is 2.01. The number of imidazole rings is 1. The Labute approximate surface area is 111 Å². The average Bonchev–Trinajstić information content (AvgIpc) is 2.79. The van der Waals surface area contributed by atoms with E-state index in [9.17, 15) is 9.90 Å². The van der Waals surface area contributed by atoms with Crippen LogP contribution in [0.1, 0.15) is 27.4 Å². The highest BCUT2D eigenvalue weighted by Gasteiger charge is 2.14. The van der Waals surface area contributed by atoms with Crippen LogP contribution in [-0.4, -0.2) is 28.2 Å². The number of nitrogens with one attached hydrogen (secondary N) is 1. The first-order valence-electron chi connectivity index (χ1n) is 5.92. The summed E-state index contributed by atoms with van der Waals surface area (Å²) in [4.78, 5) is 18.9. The van der Waals surface area contributed by atoms with E-state index in [0.29, 0.717) is 11.3 Å². The minimum Gasteiger partial charge on any atom is -0.465 e. The van der Waals surface area contributed by atoms with Gasteiger partial charge in [-0.05, 0) is 31.5 Å². The lowest BCUT2D eigenvalue weighted by molar-refractivity contribution is 0.0601. The van der Waals surface area contributed by atoms with Gasteiger partial charge in [0.1, 0.15) is 5.82 Å². The molecule has 0 spiro atoms. The number of aromatic nitrogens is 2. The van der Waals surface area contributed by atoms with E-state index in [2.05, 4.69) is 9.97 Å². The first kappa shape index (κ1) is 13.3. The molecule has 0 bridgehead atoms. The Balaban J connectivity index is 2.57. The Morgan fingerprint density at radius 2 is 2.16 bits per heavy atom. The van der Waals surface area contributed by atoms with E-state index in [0.717, 1.165) is 22.6 Å². The quantitative estimate of drug-likeness (QED) is 0.827. The number of rotatable bonds is 3. The number of H-pyrrole nitrogens is 1. The van der Waals surface area contributed by atoms with E-state index in [1.807, 2.05) is 19.9 Å². The highest BCUT2D eigenvalue weighted by Crippen LogP contribution is 2.26. The third-order valence-electron chi connectivity index (χ3n) is 2.97. The Bertz CT molecular complexity index is 617. The lowest BCUT2D eigenvalue weighted by atomic mass is 10.0. The van der Waals surface area contributed by atoms with Gasteiger partial charge in [0.25, 0.3) is 0 Å². The summed E-state index contributed by atoms with van der Waals surface area (Å²) in [5.74, 6) is 0.338. The van der Waals surface area contributed by atoms with Crippen molar-refractivity contribution in [3.05, 3.63) is 40.8 Å². The average molecular weight is 260 g/mol. The van der Waals surface area contributed by atoms with Crippen molar-refractivity contribution in [3.8, 4) is 11.3 Å². The summed E-state index contributed by atoms with van der Waals surface area (Å²) in [6.07, 6.45) is 0. The molecular weight excluding hydrogens is 244 g/mol. The topological polar surface area (TPSA) is 75.2 Å². The number of nitrogens with zero attached hydrogens (tertiary/aromatic N) is 1. The van der Waals surface area contributed by atoms with Crippen molar-refractivity contribution in [3.63, 3.8) is 0 Å². The maximum atomic E-state index is 11.6. The number of methoxy groups -OCH3 is 1. The van der Waals surface area contributed by atoms with Crippen molar-refractivity contribution in [1.82, 2.24) is 9.97 Å². The van der Waals surface area contributed by atoms with Gasteiger partial charge < -0.3 is 14.8 Å². The summed E-state index contributed by atoms with van der Waals surface area (Å²) >= 11 is 0. The van der Waals surface area contributed by atoms with Crippen LogP contribution in [0.2, 0.25) is 0 Å². The molecule has 0 aliphatic heterocycles. The van der Waals surface area contributed by atoms with Crippen molar-refractivity contribution in [2.75, 3.05) is 7.11 Å².